The third kappa shape index (κ3) is 8.11. The third-order valence-corrected chi connectivity index (χ3v) is 4.62. The second-order valence-corrected chi connectivity index (χ2v) is 7.46. The Morgan fingerprint density at radius 2 is 2.00 bits per heavy atom. The van der Waals surface area contributed by atoms with Gasteiger partial charge in [0.15, 0.2) is 11.8 Å². The summed E-state index contributed by atoms with van der Waals surface area (Å²) in [4.78, 5) is 16.5. The van der Waals surface area contributed by atoms with E-state index in [1.807, 2.05) is 44.1 Å². The van der Waals surface area contributed by atoms with Crippen molar-refractivity contribution in [3.63, 3.8) is 0 Å². The molecular formula is C16H32IN7OS. The van der Waals surface area contributed by atoms with Gasteiger partial charge >= 0.3 is 0 Å². The number of aliphatic imine (C=N–C) groups is 1. The minimum atomic E-state index is -0.530. The van der Waals surface area contributed by atoms with Gasteiger partial charge in [-0.25, -0.2) is 4.99 Å². The van der Waals surface area contributed by atoms with Gasteiger partial charge in [0.05, 0.1) is 5.41 Å². The first kappa shape index (κ1) is 25.0. The number of rotatable bonds is 9. The Morgan fingerprint density at radius 1 is 1.31 bits per heavy atom. The van der Waals surface area contributed by atoms with Crippen molar-refractivity contribution >= 4 is 47.6 Å². The quantitative estimate of drug-likeness (QED) is 0.206. The van der Waals surface area contributed by atoms with Crippen LogP contribution in [0.2, 0.25) is 0 Å². The summed E-state index contributed by atoms with van der Waals surface area (Å²) in [5.74, 6) is 3.41. The van der Waals surface area contributed by atoms with E-state index in [0.29, 0.717) is 19.0 Å². The highest BCUT2D eigenvalue weighted by atomic mass is 127. The van der Waals surface area contributed by atoms with Gasteiger partial charge in [-0.15, -0.1) is 34.2 Å². The molecule has 1 rings (SSSR count). The lowest BCUT2D eigenvalue weighted by atomic mass is 9.92. The first-order valence-electron chi connectivity index (χ1n) is 8.40. The summed E-state index contributed by atoms with van der Waals surface area (Å²) in [5, 5.41) is 17.5. The van der Waals surface area contributed by atoms with Gasteiger partial charge < -0.3 is 20.5 Å². The molecular weight excluding hydrogens is 465 g/mol. The largest absolute Gasteiger partial charge is 0.359 e. The number of halogens is 1. The fourth-order valence-corrected chi connectivity index (χ4v) is 2.49. The number of nitrogens with zero attached hydrogens (tertiary/aromatic N) is 4. The van der Waals surface area contributed by atoms with Crippen LogP contribution in [-0.4, -0.2) is 58.8 Å². The van der Waals surface area contributed by atoms with Gasteiger partial charge in [0.2, 0.25) is 5.91 Å². The third-order valence-electron chi connectivity index (χ3n) is 3.92. The Bertz CT molecular complexity index is 589. The molecule has 1 heterocycles. The molecule has 3 N–H and O–H groups in total. The Kier molecular flexibility index (Phi) is 11.9. The summed E-state index contributed by atoms with van der Waals surface area (Å²) in [6, 6.07) is 0. The smallest absolute Gasteiger partial charge is 0.227 e. The molecule has 0 aliphatic carbocycles. The molecule has 0 fully saturated rings. The van der Waals surface area contributed by atoms with Gasteiger partial charge in [0.25, 0.3) is 0 Å². The average Bonchev–Trinajstić information content (AvgIpc) is 2.91. The van der Waals surface area contributed by atoms with Crippen LogP contribution in [0.1, 0.15) is 31.9 Å². The molecule has 150 valence electrons. The van der Waals surface area contributed by atoms with Crippen molar-refractivity contribution in [2.75, 3.05) is 32.1 Å². The maximum atomic E-state index is 11.9. The second-order valence-electron chi connectivity index (χ2n) is 6.48. The number of carbonyl (C=O) groups is 1. The second kappa shape index (κ2) is 12.4. The molecule has 0 bridgehead atoms. The van der Waals surface area contributed by atoms with Gasteiger partial charge in [-0.05, 0) is 39.2 Å². The molecule has 8 nitrogen and oxygen atoms in total. The van der Waals surface area contributed by atoms with Crippen molar-refractivity contribution in [1.82, 2.24) is 30.7 Å². The molecule has 0 atom stereocenters. The Morgan fingerprint density at radius 3 is 2.54 bits per heavy atom. The highest BCUT2D eigenvalue weighted by Crippen LogP contribution is 2.13. The van der Waals surface area contributed by atoms with E-state index >= 15 is 0 Å². The lowest BCUT2D eigenvalue weighted by Crippen LogP contribution is -2.47. The molecule has 1 aromatic rings. The van der Waals surface area contributed by atoms with Gasteiger partial charge in [-0.1, -0.05) is 0 Å². The number of guanidine groups is 1. The zero-order valence-electron chi connectivity index (χ0n) is 16.5. The maximum Gasteiger partial charge on any atom is 0.227 e. The molecule has 0 spiro atoms. The van der Waals surface area contributed by atoms with E-state index in [-0.39, 0.29) is 29.9 Å². The first-order chi connectivity index (χ1) is 11.8. The molecule has 1 aromatic heterocycles. The molecule has 1 amide bonds. The maximum absolute atomic E-state index is 11.9. The predicted molar refractivity (Wildman–Crippen MR) is 119 cm³/mol. The van der Waals surface area contributed by atoms with Crippen LogP contribution in [-0.2, 0) is 18.4 Å². The lowest BCUT2D eigenvalue weighted by Gasteiger charge is -2.24. The molecule has 0 aromatic carbocycles. The molecule has 0 saturated heterocycles. The summed E-state index contributed by atoms with van der Waals surface area (Å²) in [7, 11) is 3.57. The van der Waals surface area contributed by atoms with Gasteiger partial charge in [-0.2, -0.15) is 11.8 Å². The monoisotopic (exact) mass is 497 g/mol. The molecule has 10 heteroatoms. The van der Waals surface area contributed by atoms with Crippen molar-refractivity contribution in [3.8, 4) is 0 Å². The van der Waals surface area contributed by atoms with Crippen LogP contribution in [0.4, 0.5) is 0 Å². The van der Waals surface area contributed by atoms with Gasteiger partial charge in [-0.3, -0.25) is 4.79 Å². The van der Waals surface area contributed by atoms with Crippen molar-refractivity contribution in [1.29, 1.82) is 0 Å². The molecule has 0 radical (unpaired) electrons. The lowest BCUT2D eigenvalue weighted by molar-refractivity contribution is -0.128. The summed E-state index contributed by atoms with van der Waals surface area (Å²) in [6.45, 7) is 7.44. The standard InChI is InChI=1S/C16H31N7OS.HI/c1-12-21-22-13(23(12)5)10-19-15(18-8-7-9-25-6)20-11-16(2,3)14(24)17-4;/h7-11H2,1-6H3,(H,17,24)(H2,18,19,20);1H. The van der Waals surface area contributed by atoms with Crippen LogP contribution < -0.4 is 16.0 Å². The molecule has 0 unspecified atom stereocenters. The molecule has 0 aliphatic rings. The van der Waals surface area contributed by atoms with E-state index in [4.69, 9.17) is 0 Å². The fraction of sp³-hybridized carbons (Fsp3) is 0.750. The zero-order valence-corrected chi connectivity index (χ0v) is 19.7. The summed E-state index contributed by atoms with van der Waals surface area (Å²) in [6.07, 6.45) is 3.14. The summed E-state index contributed by atoms with van der Waals surface area (Å²) < 4.78 is 1.92. The number of hydrogen-bond acceptors (Lipinski definition) is 5. The van der Waals surface area contributed by atoms with Crippen molar-refractivity contribution in [2.45, 2.75) is 33.7 Å². The number of nitrogens with one attached hydrogen (secondary N) is 3. The van der Waals surface area contributed by atoms with E-state index in [1.165, 1.54) is 0 Å². The van der Waals surface area contributed by atoms with E-state index in [9.17, 15) is 4.79 Å². The fourth-order valence-electron chi connectivity index (χ4n) is 2.06. The van der Waals surface area contributed by atoms with Crippen LogP contribution in [0.25, 0.3) is 0 Å². The van der Waals surface area contributed by atoms with Crippen LogP contribution in [0.3, 0.4) is 0 Å². The van der Waals surface area contributed by atoms with Gasteiger partial charge in [0, 0.05) is 27.2 Å². The van der Waals surface area contributed by atoms with Crippen LogP contribution >= 0.6 is 35.7 Å². The summed E-state index contributed by atoms with van der Waals surface area (Å²) in [5.41, 5.74) is -0.530. The number of carbonyl (C=O) groups excluding carboxylic acids is 1. The minimum absolute atomic E-state index is 0. The van der Waals surface area contributed by atoms with Crippen molar-refractivity contribution in [3.05, 3.63) is 11.6 Å². The average molecular weight is 497 g/mol. The number of thioether (sulfide) groups is 1. The predicted octanol–water partition coefficient (Wildman–Crippen LogP) is 1.30. The first-order valence-corrected chi connectivity index (χ1v) is 9.79. The Balaban J connectivity index is 0.00000625. The number of amides is 1. The van der Waals surface area contributed by atoms with Gasteiger partial charge in [0.1, 0.15) is 12.4 Å². The van der Waals surface area contributed by atoms with Crippen molar-refractivity contribution < 1.29 is 4.79 Å². The zero-order chi connectivity index (χ0) is 18.9. The van der Waals surface area contributed by atoms with Crippen LogP contribution in [0, 0.1) is 12.3 Å². The van der Waals surface area contributed by atoms with E-state index in [0.717, 1.165) is 30.4 Å². The van der Waals surface area contributed by atoms with Crippen LogP contribution in [0.15, 0.2) is 4.99 Å². The summed E-state index contributed by atoms with van der Waals surface area (Å²) >= 11 is 1.82. The Labute approximate surface area is 177 Å². The normalized spacial score (nSPS) is 11.7. The van der Waals surface area contributed by atoms with E-state index in [1.54, 1.807) is 7.05 Å². The number of hydrogen-bond donors (Lipinski definition) is 3. The Hall–Kier alpha value is -1.04. The number of aryl methyl sites for hydroxylation is 1. The topological polar surface area (TPSA) is 96.2 Å². The van der Waals surface area contributed by atoms with Crippen molar-refractivity contribution in [2.24, 2.45) is 17.5 Å². The van der Waals surface area contributed by atoms with E-state index < -0.39 is 5.41 Å². The molecule has 0 saturated carbocycles. The molecule has 0 aliphatic heterocycles. The molecule has 26 heavy (non-hydrogen) atoms. The van der Waals surface area contributed by atoms with Crippen LogP contribution in [0.5, 0.6) is 0 Å². The highest BCUT2D eigenvalue weighted by molar-refractivity contribution is 14.0. The minimum Gasteiger partial charge on any atom is -0.359 e. The highest BCUT2D eigenvalue weighted by Gasteiger charge is 2.26. The number of aromatic nitrogens is 3. The SMILES string of the molecule is CNC(=O)C(C)(C)CNC(=NCc1nnc(C)n1C)NCCCSC.I. The van der Waals surface area contributed by atoms with E-state index in [2.05, 4.69) is 37.4 Å².